The molecule has 1 amide bonds. The Kier molecular flexibility index (Phi) is 2.82. The monoisotopic (exact) mass is 257 g/mol. The van der Waals surface area contributed by atoms with E-state index >= 15 is 0 Å². The average Bonchev–Trinajstić information content (AvgIpc) is 3.05. The molecule has 2 N–H and O–H groups in total. The van der Waals surface area contributed by atoms with Gasteiger partial charge >= 0.3 is 0 Å². The molecule has 0 bridgehead atoms. The lowest BCUT2D eigenvalue weighted by Gasteiger charge is -2.01. The van der Waals surface area contributed by atoms with Gasteiger partial charge in [0.05, 0.1) is 12.1 Å². The van der Waals surface area contributed by atoms with E-state index in [1.807, 2.05) is 29.6 Å². The van der Waals surface area contributed by atoms with Crippen molar-refractivity contribution in [2.75, 3.05) is 0 Å². The molecule has 3 aromatic rings. The summed E-state index contributed by atoms with van der Waals surface area (Å²) < 4.78 is 0. The maximum Gasteiger partial charge on any atom is 0.253 e. The molecule has 2 heterocycles. The predicted molar refractivity (Wildman–Crippen MR) is 71.6 cm³/mol. The summed E-state index contributed by atoms with van der Waals surface area (Å²) in [7, 11) is 0. The van der Waals surface area contributed by atoms with E-state index in [1.54, 1.807) is 12.4 Å². The number of rotatable bonds is 3. The summed E-state index contributed by atoms with van der Waals surface area (Å²) in [6, 6.07) is 7.75. The number of thiazole rings is 1. The summed E-state index contributed by atoms with van der Waals surface area (Å²) >= 11 is 1.53. The number of nitrogens with zero attached hydrogens (tertiary/aromatic N) is 1. The van der Waals surface area contributed by atoms with Crippen LogP contribution in [0.4, 0.5) is 0 Å². The highest BCUT2D eigenvalue weighted by Gasteiger charge is 2.11. The smallest absolute Gasteiger partial charge is 0.253 e. The Morgan fingerprint density at radius 2 is 2.28 bits per heavy atom. The third-order valence-electron chi connectivity index (χ3n) is 2.72. The molecule has 0 unspecified atom stereocenters. The maximum atomic E-state index is 12.1. The number of carbonyl (C=O) groups is 1. The molecule has 90 valence electrons. The molecule has 5 heteroatoms. The quantitative estimate of drug-likeness (QED) is 0.757. The standard InChI is InChI=1S/C13H11N3OS/c17-13(16-8-12-14-5-6-18-12)10-7-15-11-4-2-1-3-9(10)11/h1-7,15H,8H2,(H,16,17). The van der Waals surface area contributed by atoms with E-state index in [0.29, 0.717) is 12.1 Å². The fourth-order valence-electron chi connectivity index (χ4n) is 1.85. The molecule has 0 radical (unpaired) electrons. The maximum absolute atomic E-state index is 12.1. The second-order valence-corrected chi connectivity index (χ2v) is 4.84. The summed E-state index contributed by atoms with van der Waals surface area (Å²) in [4.78, 5) is 19.3. The van der Waals surface area contributed by atoms with Gasteiger partial charge in [-0.1, -0.05) is 18.2 Å². The Hall–Kier alpha value is -2.14. The first-order chi connectivity index (χ1) is 8.84. The second kappa shape index (κ2) is 4.62. The SMILES string of the molecule is O=C(NCc1nccs1)c1c[nH]c2ccccc12. The number of benzene rings is 1. The van der Waals surface area contributed by atoms with Crippen LogP contribution in [-0.2, 0) is 6.54 Å². The highest BCUT2D eigenvalue weighted by molar-refractivity contribution is 7.09. The van der Waals surface area contributed by atoms with Gasteiger partial charge in [-0.3, -0.25) is 4.79 Å². The minimum Gasteiger partial charge on any atom is -0.360 e. The summed E-state index contributed by atoms with van der Waals surface area (Å²) in [5, 5.41) is 6.61. The van der Waals surface area contributed by atoms with Crippen molar-refractivity contribution in [1.82, 2.24) is 15.3 Å². The number of carbonyl (C=O) groups excluding carboxylic acids is 1. The van der Waals surface area contributed by atoms with E-state index in [4.69, 9.17) is 0 Å². The van der Waals surface area contributed by atoms with E-state index in [-0.39, 0.29) is 5.91 Å². The molecule has 18 heavy (non-hydrogen) atoms. The lowest BCUT2D eigenvalue weighted by atomic mass is 10.1. The Labute approximate surface area is 108 Å². The normalized spacial score (nSPS) is 10.7. The van der Waals surface area contributed by atoms with Crippen molar-refractivity contribution in [3.8, 4) is 0 Å². The first-order valence-corrected chi connectivity index (χ1v) is 6.45. The van der Waals surface area contributed by atoms with Crippen molar-refractivity contribution >= 4 is 28.1 Å². The molecular weight excluding hydrogens is 246 g/mol. The van der Waals surface area contributed by atoms with Gasteiger partial charge < -0.3 is 10.3 Å². The van der Waals surface area contributed by atoms with Crippen LogP contribution >= 0.6 is 11.3 Å². The highest BCUT2D eigenvalue weighted by Crippen LogP contribution is 2.17. The topological polar surface area (TPSA) is 57.8 Å². The number of nitrogens with one attached hydrogen (secondary N) is 2. The van der Waals surface area contributed by atoms with Gasteiger partial charge in [0.2, 0.25) is 0 Å². The van der Waals surface area contributed by atoms with Crippen molar-refractivity contribution in [2.24, 2.45) is 0 Å². The fourth-order valence-corrected chi connectivity index (χ4v) is 2.41. The van der Waals surface area contributed by atoms with Gasteiger partial charge in [-0.2, -0.15) is 0 Å². The average molecular weight is 257 g/mol. The number of para-hydroxylation sites is 1. The Balaban J connectivity index is 1.80. The van der Waals surface area contributed by atoms with Crippen molar-refractivity contribution in [2.45, 2.75) is 6.54 Å². The molecule has 0 saturated carbocycles. The molecule has 0 aliphatic carbocycles. The van der Waals surface area contributed by atoms with E-state index in [1.165, 1.54) is 11.3 Å². The zero-order valence-electron chi connectivity index (χ0n) is 9.51. The van der Waals surface area contributed by atoms with Gasteiger partial charge in [0.25, 0.3) is 5.91 Å². The van der Waals surface area contributed by atoms with Gasteiger partial charge in [0, 0.05) is 28.7 Å². The van der Waals surface area contributed by atoms with E-state index in [2.05, 4.69) is 15.3 Å². The van der Waals surface area contributed by atoms with Crippen LogP contribution in [0.5, 0.6) is 0 Å². The van der Waals surface area contributed by atoms with Crippen LogP contribution in [0.1, 0.15) is 15.4 Å². The molecule has 4 nitrogen and oxygen atoms in total. The fraction of sp³-hybridized carbons (Fsp3) is 0.0769. The predicted octanol–water partition coefficient (Wildman–Crippen LogP) is 2.55. The van der Waals surface area contributed by atoms with Crippen LogP contribution in [0.2, 0.25) is 0 Å². The van der Waals surface area contributed by atoms with Crippen LogP contribution in [0.15, 0.2) is 42.0 Å². The van der Waals surface area contributed by atoms with Crippen LogP contribution < -0.4 is 5.32 Å². The third-order valence-corrected chi connectivity index (χ3v) is 3.50. The molecule has 3 rings (SSSR count). The number of H-pyrrole nitrogens is 1. The minimum atomic E-state index is -0.0809. The van der Waals surface area contributed by atoms with Gasteiger partial charge in [0.15, 0.2) is 0 Å². The number of hydrogen-bond donors (Lipinski definition) is 2. The molecule has 0 spiro atoms. The molecule has 0 fully saturated rings. The molecule has 2 aromatic heterocycles. The third kappa shape index (κ3) is 2.00. The number of amides is 1. The van der Waals surface area contributed by atoms with Gasteiger partial charge in [-0.25, -0.2) is 4.98 Å². The first kappa shape index (κ1) is 11.0. The van der Waals surface area contributed by atoms with Gasteiger partial charge in [0.1, 0.15) is 5.01 Å². The van der Waals surface area contributed by atoms with Crippen LogP contribution in [-0.4, -0.2) is 15.9 Å². The highest BCUT2D eigenvalue weighted by atomic mass is 32.1. The van der Waals surface area contributed by atoms with Crippen molar-refractivity contribution in [1.29, 1.82) is 0 Å². The van der Waals surface area contributed by atoms with Gasteiger partial charge in [-0.05, 0) is 6.07 Å². The van der Waals surface area contributed by atoms with Crippen molar-refractivity contribution in [3.63, 3.8) is 0 Å². The molecule has 0 aliphatic rings. The lowest BCUT2D eigenvalue weighted by molar-refractivity contribution is 0.0952. The summed E-state index contributed by atoms with van der Waals surface area (Å²) in [6.07, 6.45) is 3.47. The number of aromatic amines is 1. The molecule has 0 atom stereocenters. The Morgan fingerprint density at radius 3 is 3.11 bits per heavy atom. The first-order valence-electron chi connectivity index (χ1n) is 5.57. The molecule has 0 aliphatic heterocycles. The largest absolute Gasteiger partial charge is 0.360 e. The summed E-state index contributed by atoms with van der Waals surface area (Å²) in [5.74, 6) is -0.0809. The Morgan fingerprint density at radius 1 is 1.39 bits per heavy atom. The van der Waals surface area contributed by atoms with E-state index in [0.717, 1.165) is 15.9 Å². The number of fused-ring (bicyclic) bond motifs is 1. The number of hydrogen-bond acceptors (Lipinski definition) is 3. The van der Waals surface area contributed by atoms with Crippen molar-refractivity contribution < 1.29 is 4.79 Å². The van der Waals surface area contributed by atoms with Crippen LogP contribution in [0, 0.1) is 0 Å². The van der Waals surface area contributed by atoms with E-state index in [9.17, 15) is 4.79 Å². The summed E-state index contributed by atoms with van der Waals surface area (Å²) in [5.41, 5.74) is 1.64. The zero-order valence-corrected chi connectivity index (χ0v) is 10.3. The van der Waals surface area contributed by atoms with Crippen LogP contribution in [0.3, 0.4) is 0 Å². The molecular formula is C13H11N3OS. The second-order valence-electron chi connectivity index (χ2n) is 3.86. The van der Waals surface area contributed by atoms with Crippen LogP contribution in [0.25, 0.3) is 10.9 Å². The lowest BCUT2D eigenvalue weighted by Crippen LogP contribution is -2.22. The number of aromatic nitrogens is 2. The van der Waals surface area contributed by atoms with Gasteiger partial charge in [-0.15, -0.1) is 11.3 Å². The zero-order chi connectivity index (χ0) is 12.4. The van der Waals surface area contributed by atoms with Crippen molar-refractivity contribution in [3.05, 3.63) is 52.6 Å². The molecule has 0 saturated heterocycles. The molecule has 1 aromatic carbocycles. The Bertz CT molecular complexity index is 672. The minimum absolute atomic E-state index is 0.0809. The van der Waals surface area contributed by atoms with E-state index < -0.39 is 0 Å². The summed E-state index contributed by atoms with van der Waals surface area (Å²) in [6.45, 7) is 0.468.